The second kappa shape index (κ2) is 7.88. The SMILES string of the molecule is CC(C)Cc1nnc(NC(=S)NC(=O)c2cccc([N+](=O)[O-])c2)s1. The van der Waals surface area contributed by atoms with Crippen molar-refractivity contribution in [2.75, 3.05) is 5.32 Å². The Bertz CT molecular complexity index is 775. The number of rotatable bonds is 5. The highest BCUT2D eigenvalue weighted by atomic mass is 32.1. The molecule has 126 valence electrons. The third-order valence-electron chi connectivity index (χ3n) is 2.82. The van der Waals surface area contributed by atoms with Gasteiger partial charge in [0.1, 0.15) is 5.01 Å². The Hall–Kier alpha value is -2.46. The van der Waals surface area contributed by atoms with Gasteiger partial charge in [-0.1, -0.05) is 31.3 Å². The minimum absolute atomic E-state index is 0.0544. The molecule has 10 heteroatoms. The summed E-state index contributed by atoms with van der Waals surface area (Å²) in [4.78, 5) is 22.3. The summed E-state index contributed by atoms with van der Waals surface area (Å²) in [6.07, 6.45) is 0.812. The average molecular weight is 365 g/mol. The first kappa shape index (κ1) is 17.9. The molecule has 0 spiro atoms. The molecule has 0 unspecified atom stereocenters. The molecule has 0 saturated carbocycles. The van der Waals surface area contributed by atoms with Crippen molar-refractivity contribution in [3.8, 4) is 0 Å². The van der Waals surface area contributed by atoms with Gasteiger partial charge in [0.2, 0.25) is 5.13 Å². The standard InChI is InChI=1S/C14H15N5O3S2/c1-8(2)6-11-17-18-14(24-11)16-13(23)15-12(20)9-4-3-5-10(7-9)19(21)22/h3-5,7-8H,6H2,1-2H3,(H2,15,16,18,20,23). The van der Waals surface area contributed by atoms with Crippen molar-refractivity contribution in [1.82, 2.24) is 15.5 Å². The maximum atomic E-state index is 12.1. The molecule has 1 amide bonds. The molecule has 8 nitrogen and oxygen atoms in total. The van der Waals surface area contributed by atoms with E-state index in [4.69, 9.17) is 12.2 Å². The Labute approximate surface area is 147 Å². The number of anilines is 1. The van der Waals surface area contributed by atoms with Crippen LogP contribution < -0.4 is 10.6 Å². The van der Waals surface area contributed by atoms with Crippen LogP contribution in [-0.4, -0.2) is 26.1 Å². The van der Waals surface area contributed by atoms with Gasteiger partial charge in [0.05, 0.1) is 4.92 Å². The molecule has 0 radical (unpaired) electrons. The number of thiocarbonyl (C=S) groups is 1. The first-order valence-electron chi connectivity index (χ1n) is 7.04. The molecule has 0 aliphatic carbocycles. The summed E-state index contributed by atoms with van der Waals surface area (Å²) < 4.78 is 0. The molecule has 0 aliphatic rings. The fourth-order valence-corrected chi connectivity index (χ4v) is 3.01. The van der Waals surface area contributed by atoms with Gasteiger partial charge in [0, 0.05) is 24.1 Å². The number of hydrogen-bond donors (Lipinski definition) is 2. The number of nitro groups is 1. The number of non-ortho nitro benzene ring substituents is 1. The van der Waals surface area contributed by atoms with Gasteiger partial charge in [-0.2, -0.15) is 0 Å². The molecule has 1 aromatic heterocycles. The van der Waals surface area contributed by atoms with Gasteiger partial charge < -0.3 is 5.32 Å². The van der Waals surface area contributed by atoms with E-state index in [1.165, 1.54) is 35.6 Å². The Morgan fingerprint density at radius 1 is 1.42 bits per heavy atom. The number of nitrogens with zero attached hydrogens (tertiary/aromatic N) is 3. The zero-order valence-corrected chi connectivity index (χ0v) is 14.6. The predicted octanol–water partition coefficient (Wildman–Crippen LogP) is 2.77. The molecule has 0 atom stereocenters. The number of benzene rings is 1. The lowest BCUT2D eigenvalue weighted by molar-refractivity contribution is -0.384. The van der Waals surface area contributed by atoms with E-state index < -0.39 is 10.8 Å². The summed E-state index contributed by atoms with van der Waals surface area (Å²) in [6, 6.07) is 5.40. The predicted molar refractivity (Wildman–Crippen MR) is 95.2 cm³/mol. The number of amides is 1. The van der Waals surface area contributed by atoms with Gasteiger partial charge in [-0.05, 0) is 24.2 Å². The van der Waals surface area contributed by atoms with Crippen molar-refractivity contribution in [2.24, 2.45) is 5.92 Å². The smallest absolute Gasteiger partial charge is 0.270 e. The fraction of sp³-hybridized carbons (Fsp3) is 0.286. The Kier molecular flexibility index (Phi) is 5.88. The summed E-state index contributed by atoms with van der Waals surface area (Å²) in [6.45, 7) is 4.16. The summed E-state index contributed by atoms with van der Waals surface area (Å²) in [5.41, 5.74) is -0.0184. The second-order valence-electron chi connectivity index (χ2n) is 5.31. The lowest BCUT2D eigenvalue weighted by Gasteiger charge is -2.06. The van der Waals surface area contributed by atoms with Crippen LogP contribution in [0, 0.1) is 16.0 Å². The van der Waals surface area contributed by atoms with Gasteiger partial charge in [0.25, 0.3) is 11.6 Å². The van der Waals surface area contributed by atoms with Crippen molar-refractivity contribution < 1.29 is 9.72 Å². The third-order valence-corrected chi connectivity index (χ3v) is 3.88. The van der Waals surface area contributed by atoms with E-state index in [-0.39, 0.29) is 16.4 Å². The van der Waals surface area contributed by atoms with Crippen molar-refractivity contribution in [1.29, 1.82) is 0 Å². The van der Waals surface area contributed by atoms with Crippen LogP contribution in [0.1, 0.15) is 29.2 Å². The van der Waals surface area contributed by atoms with Crippen molar-refractivity contribution in [3.63, 3.8) is 0 Å². The van der Waals surface area contributed by atoms with E-state index in [9.17, 15) is 14.9 Å². The second-order valence-corrected chi connectivity index (χ2v) is 6.78. The van der Waals surface area contributed by atoms with E-state index in [0.29, 0.717) is 11.0 Å². The number of aromatic nitrogens is 2. The number of nitrogens with one attached hydrogen (secondary N) is 2. The highest BCUT2D eigenvalue weighted by molar-refractivity contribution is 7.80. The maximum absolute atomic E-state index is 12.1. The number of hydrogen-bond acceptors (Lipinski definition) is 7. The molecule has 2 rings (SSSR count). The van der Waals surface area contributed by atoms with E-state index in [1.807, 2.05) is 0 Å². The largest absolute Gasteiger partial charge is 0.307 e. The Morgan fingerprint density at radius 3 is 2.83 bits per heavy atom. The van der Waals surface area contributed by atoms with Crippen LogP contribution in [0.15, 0.2) is 24.3 Å². The van der Waals surface area contributed by atoms with Gasteiger partial charge >= 0.3 is 0 Å². The quantitative estimate of drug-likeness (QED) is 0.476. The molecule has 24 heavy (non-hydrogen) atoms. The topological polar surface area (TPSA) is 110 Å². The lowest BCUT2D eigenvalue weighted by Crippen LogP contribution is -2.34. The summed E-state index contributed by atoms with van der Waals surface area (Å²) in [7, 11) is 0. The Morgan fingerprint density at radius 2 is 2.17 bits per heavy atom. The van der Waals surface area contributed by atoms with Crippen LogP contribution in [0.3, 0.4) is 0 Å². The number of nitro benzene ring substituents is 1. The lowest BCUT2D eigenvalue weighted by atomic mass is 10.1. The number of carbonyl (C=O) groups is 1. The number of carbonyl (C=O) groups excluding carboxylic acids is 1. The van der Waals surface area contributed by atoms with Crippen LogP contribution in [0.25, 0.3) is 0 Å². The monoisotopic (exact) mass is 365 g/mol. The molecule has 1 heterocycles. The fourth-order valence-electron chi connectivity index (χ4n) is 1.80. The van der Waals surface area contributed by atoms with Crippen LogP contribution in [-0.2, 0) is 6.42 Å². The highest BCUT2D eigenvalue weighted by Crippen LogP contribution is 2.18. The zero-order chi connectivity index (χ0) is 17.7. The van der Waals surface area contributed by atoms with Crippen molar-refractivity contribution in [3.05, 3.63) is 45.0 Å². The minimum Gasteiger partial charge on any atom is -0.307 e. The van der Waals surface area contributed by atoms with Gasteiger partial charge in [-0.3, -0.25) is 20.2 Å². The molecular weight excluding hydrogens is 350 g/mol. The first-order valence-corrected chi connectivity index (χ1v) is 8.27. The Balaban J connectivity index is 1.96. The molecule has 2 aromatic rings. The zero-order valence-electron chi connectivity index (χ0n) is 13.0. The summed E-state index contributed by atoms with van der Waals surface area (Å²) >= 11 is 6.41. The minimum atomic E-state index is -0.565. The van der Waals surface area contributed by atoms with Crippen LogP contribution in [0.4, 0.5) is 10.8 Å². The van der Waals surface area contributed by atoms with Crippen LogP contribution in [0.5, 0.6) is 0 Å². The normalized spacial score (nSPS) is 10.5. The molecule has 2 N–H and O–H groups in total. The first-order chi connectivity index (χ1) is 11.3. The van der Waals surface area contributed by atoms with Crippen LogP contribution in [0.2, 0.25) is 0 Å². The molecule has 1 aromatic carbocycles. The van der Waals surface area contributed by atoms with Gasteiger partial charge in [-0.25, -0.2) is 0 Å². The van der Waals surface area contributed by atoms with E-state index >= 15 is 0 Å². The average Bonchev–Trinajstić information content (AvgIpc) is 2.93. The highest BCUT2D eigenvalue weighted by Gasteiger charge is 2.14. The third kappa shape index (κ3) is 5.03. The molecular formula is C14H15N5O3S2. The molecule has 0 aliphatic heterocycles. The van der Waals surface area contributed by atoms with Crippen LogP contribution >= 0.6 is 23.6 Å². The van der Waals surface area contributed by atoms with Crippen molar-refractivity contribution in [2.45, 2.75) is 20.3 Å². The van der Waals surface area contributed by atoms with Crippen molar-refractivity contribution >= 4 is 45.4 Å². The van der Waals surface area contributed by atoms with E-state index in [0.717, 1.165) is 11.4 Å². The maximum Gasteiger partial charge on any atom is 0.270 e. The summed E-state index contributed by atoms with van der Waals surface area (Å²) in [5.74, 6) is -0.0746. The molecule has 0 saturated heterocycles. The molecule has 0 bridgehead atoms. The molecule has 0 fully saturated rings. The summed E-state index contributed by atoms with van der Waals surface area (Å²) in [5, 5.41) is 25.4. The van der Waals surface area contributed by atoms with E-state index in [1.54, 1.807) is 0 Å². The van der Waals surface area contributed by atoms with Gasteiger partial charge in [-0.15, -0.1) is 10.2 Å². The van der Waals surface area contributed by atoms with E-state index in [2.05, 4.69) is 34.7 Å². The van der Waals surface area contributed by atoms with Gasteiger partial charge in [0.15, 0.2) is 5.11 Å².